The van der Waals surface area contributed by atoms with Crippen molar-refractivity contribution in [1.29, 1.82) is 0 Å². The van der Waals surface area contributed by atoms with Crippen molar-refractivity contribution in [3.05, 3.63) is 24.0 Å². The number of benzene rings is 1. The molecule has 0 aromatic heterocycles. The Morgan fingerprint density at radius 1 is 1.40 bits per heavy atom. The highest BCUT2D eigenvalue weighted by Gasteiger charge is 2.29. The third-order valence-corrected chi connectivity index (χ3v) is 4.51. The van der Waals surface area contributed by atoms with E-state index in [1.807, 2.05) is 20.8 Å². The van der Waals surface area contributed by atoms with Gasteiger partial charge in [-0.1, -0.05) is 20.8 Å². The molecular formula is C13H21FN2O3S. The summed E-state index contributed by atoms with van der Waals surface area (Å²) in [5.41, 5.74) is 4.85. The van der Waals surface area contributed by atoms with Crippen molar-refractivity contribution < 1.29 is 17.9 Å². The summed E-state index contributed by atoms with van der Waals surface area (Å²) in [5, 5.41) is 9.04. The maximum Gasteiger partial charge on any atom is 0.240 e. The first-order valence-corrected chi connectivity index (χ1v) is 7.74. The highest BCUT2D eigenvalue weighted by atomic mass is 32.2. The van der Waals surface area contributed by atoms with Gasteiger partial charge in [0.1, 0.15) is 5.82 Å². The number of rotatable bonds is 5. The minimum Gasteiger partial charge on any atom is -0.396 e. The molecule has 7 heteroatoms. The molecule has 114 valence electrons. The second-order valence-electron chi connectivity index (χ2n) is 5.74. The maximum absolute atomic E-state index is 13.4. The van der Waals surface area contributed by atoms with Crippen LogP contribution in [0, 0.1) is 11.2 Å². The van der Waals surface area contributed by atoms with Crippen LogP contribution in [0.4, 0.5) is 10.1 Å². The fourth-order valence-corrected chi connectivity index (χ4v) is 3.22. The largest absolute Gasteiger partial charge is 0.396 e. The molecule has 20 heavy (non-hydrogen) atoms. The molecule has 0 amide bonds. The summed E-state index contributed by atoms with van der Waals surface area (Å²) in [7, 11) is -3.86. The predicted molar refractivity (Wildman–Crippen MR) is 76.1 cm³/mol. The number of nitrogens with one attached hydrogen (secondary N) is 1. The number of nitrogens with two attached hydrogens (primary N) is 1. The average molecular weight is 304 g/mol. The summed E-state index contributed by atoms with van der Waals surface area (Å²) in [6.07, 6.45) is 0.278. The molecule has 0 aliphatic carbocycles. The number of halogens is 1. The summed E-state index contributed by atoms with van der Waals surface area (Å²) >= 11 is 0. The first-order valence-electron chi connectivity index (χ1n) is 6.26. The zero-order valence-electron chi connectivity index (χ0n) is 11.9. The topological polar surface area (TPSA) is 92.4 Å². The number of nitrogen functional groups attached to an aromatic ring is 1. The van der Waals surface area contributed by atoms with Crippen LogP contribution in [0.3, 0.4) is 0 Å². The lowest BCUT2D eigenvalue weighted by atomic mass is 9.86. The fraction of sp³-hybridized carbons (Fsp3) is 0.538. The second-order valence-corrected chi connectivity index (χ2v) is 7.45. The van der Waals surface area contributed by atoms with E-state index in [9.17, 15) is 12.8 Å². The number of aliphatic hydroxyl groups is 1. The standard InChI is InChI=1S/C13H21FN2O3S/c1-13(2,3)12(6-7-17)16-20(18,19)9-4-5-11(15)10(14)8-9/h4-5,8,12,16-17H,6-7,15H2,1-3H3. The summed E-state index contributed by atoms with van der Waals surface area (Å²) < 4.78 is 40.3. The van der Waals surface area contributed by atoms with Crippen molar-refractivity contribution in [1.82, 2.24) is 4.72 Å². The van der Waals surface area contributed by atoms with Crippen LogP contribution in [-0.2, 0) is 10.0 Å². The average Bonchev–Trinajstić information content (AvgIpc) is 2.30. The first-order chi connectivity index (χ1) is 9.08. The Kier molecular flexibility index (Phi) is 5.12. The van der Waals surface area contributed by atoms with E-state index < -0.39 is 21.9 Å². The van der Waals surface area contributed by atoms with Crippen LogP contribution in [0.2, 0.25) is 0 Å². The Morgan fingerprint density at radius 3 is 2.45 bits per heavy atom. The third-order valence-electron chi connectivity index (χ3n) is 3.04. The van der Waals surface area contributed by atoms with Crippen molar-refractivity contribution in [3.8, 4) is 0 Å². The lowest BCUT2D eigenvalue weighted by Crippen LogP contribution is -2.44. The van der Waals surface area contributed by atoms with E-state index in [-0.39, 0.29) is 29.0 Å². The Bertz CT molecular complexity index is 567. The van der Waals surface area contributed by atoms with Gasteiger partial charge in [-0.15, -0.1) is 0 Å². The molecule has 0 bridgehead atoms. The van der Waals surface area contributed by atoms with Crippen LogP contribution >= 0.6 is 0 Å². The normalized spacial score (nSPS) is 14.2. The molecule has 1 atom stereocenters. The minimum atomic E-state index is -3.86. The van der Waals surface area contributed by atoms with E-state index in [4.69, 9.17) is 10.8 Å². The molecule has 5 nitrogen and oxygen atoms in total. The third kappa shape index (κ3) is 4.16. The van der Waals surface area contributed by atoms with Gasteiger partial charge in [0.05, 0.1) is 10.6 Å². The second kappa shape index (κ2) is 6.07. The zero-order valence-corrected chi connectivity index (χ0v) is 12.7. The molecule has 4 N–H and O–H groups in total. The van der Waals surface area contributed by atoms with Crippen LogP contribution in [-0.4, -0.2) is 26.2 Å². The van der Waals surface area contributed by atoms with E-state index >= 15 is 0 Å². The number of aliphatic hydroxyl groups excluding tert-OH is 1. The number of hydrogen-bond acceptors (Lipinski definition) is 4. The van der Waals surface area contributed by atoms with E-state index in [1.54, 1.807) is 0 Å². The summed E-state index contributed by atoms with van der Waals surface area (Å²) in [6.45, 7) is 5.44. The number of anilines is 1. The molecule has 0 aliphatic rings. The molecular weight excluding hydrogens is 283 g/mol. The summed E-state index contributed by atoms with van der Waals surface area (Å²) in [5.74, 6) is -0.776. The molecule has 0 radical (unpaired) electrons. The van der Waals surface area contributed by atoms with Gasteiger partial charge in [-0.05, 0) is 30.0 Å². The Hall–Kier alpha value is -1.18. The molecule has 1 rings (SSSR count). The molecule has 1 aromatic rings. The number of sulfonamides is 1. The highest BCUT2D eigenvalue weighted by Crippen LogP contribution is 2.24. The maximum atomic E-state index is 13.4. The first kappa shape index (κ1) is 16.9. The smallest absolute Gasteiger partial charge is 0.240 e. The highest BCUT2D eigenvalue weighted by molar-refractivity contribution is 7.89. The Balaban J connectivity index is 3.06. The predicted octanol–water partition coefficient (Wildman–Crippen LogP) is 1.48. The van der Waals surface area contributed by atoms with Crippen LogP contribution in [0.1, 0.15) is 27.2 Å². The van der Waals surface area contributed by atoms with Crippen molar-refractivity contribution in [2.45, 2.75) is 38.1 Å². The van der Waals surface area contributed by atoms with Crippen LogP contribution in [0.25, 0.3) is 0 Å². The molecule has 0 spiro atoms. The van der Waals surface area contributed by atoms with Crippen LogP contribution in [0.5, 0.6) is 0 Å². The molecule has 0 fully saturated rings. The van der Waals surface area contributed by atoms with Gasteiger partial charge in [0.15, 0.2) is 0 Å². The van der Waals surface area contributed by atoms with Gasteiger partial charge in [-0.25, -0.2) is 17.5 Å². The molecule has 0 saturated carbocycles. The van der Waals surface area contributed by atoms with Gasteiger partial charge >= 0.3 is 0 Å². The lowest BCUT2D eigenvalue weighted by molar-refractivity contribution is 0.214. The number of hydrogen-bond donors (Lipinski definition) is 3. The monoisotopic (exact) mass is 304 g/mol. The summed E-state index contributed by atoms with van der Waals surface area (Å²) in [6, 6.07) is 2.88. The van der Waals surface area contributed by atoms with E-state index in [0.29, 0.717) is 0 Å². The lowest BCUT2D eigenvalue weighted by Gasteiger charge is -2.30. The van der Waals surface area contributed by atoms with Gasteiger partial charge in [-0.3, -0.25) is 0 Å². The Morgan fingerprint density at radius 2 is 2.00 bits per heavy atom. The molecule has 1 unspecified atom stereocenters. The SMILES string of the molecule is CC(C)(C)C(CCO)NS(=O)(=O)c1ccc(N)c(F)c1. The van der Waals surface area contributed by atoms with Gasteiger partial charge in [-0.2, -0.15) is 0 Å². The fourth-order valence-electron chi connectivity index (χ4n) is 1.73. The van der Waals surface area contributed by atoms with Gasteiger partial charge in [0.2, 0.25) is 10.0 Å². The van der Waals surface area contributed by atoms with Crippen LogP contribution < -0.4 is 10.5 Å². The summed E-state index contributed by atoms with van der Waals surface area (Å²) in [4.78, 5) is -0.184. The van der Waals surface area contributed by atoms with Gasteiger partial charge in [0, 0.05) is 12.6 Å². The molecule has 0 aliphatic heterocycles. The quantitative estimate of drug-likeness (QED) is 0.718. The van der Waals surface area contributed by atoms with E-state index in [1.165, 1.54) is 12.1 Å². The molecule has 0 saturated heterocycles. The van der Waals surface area contributed by atoms with Crippen molar-refractivity contribution in [2.24, 2.45) is 5.41 Å². The van der Waals surface area contributed by atoms with Gasteiger partial charge < -0.3 is 10.8 Å². The van der Waals surface area contributed by atoms with E-state index in [0.717, 1.165) is 6.07 Å². The van der Waals surface area contributed by atoms with Gasteiger partial charge in [0.25, 0.3) is 0 Å². The van der Waals surface area contributed by atoms with Crippen molar-refractivity contribution in [3.63, 3.8) is 0 Å². The van der Waals surface area contributed by atoms with Crippen LogP contribution in [0.15, 0.2) is 23.1 Å². The van der Waals surface area contributed by atoms with E-state index in [2.05, 4.69) is 4.72 Å². The van der Waals surface area contributed by atoms with Crippen molar-refractivity contribution in [2.75, 3.05) is 12.3 Å². The van der Waals surface area contributed by atoms with Crippen molar-refractivity contribution >= 4 is 15.7 Å². The Labute approximate surface area is 119 Å². The molecule has 0 heterocycles. The zero-order chi connectivity index (χ0) is 15.6. The minimum absolute atomic E-state index is 0.105. The molecule has 1 aromatic carbocycles.